The molecule has 2 aromatic rings. The van der Waals surface area contributed by atoms with E-state index in [2.05, 4.69) is 68.2 Å². The van der Waals surface area contributed by atoms with Crippen LogP contribution in [0.25, 0.3) is 11.1 Å². The molecule has 1 aromatic heterocycles. The number of aryl methyl sites for hydroxylation is 1. The number of pyridine rings is 1. The molecule has 0 fully saturated rings. The number of aromatic nitrogens is 1. The first-order valence-electron chi connectivity index (χ1n) is 7.75. The van der Waals surface area contributed by atoms with Gasteiger partial charge in [-0.1, -0.05) is 32.0 Å². The molecule has 112 valence electrons. The summed E-state index contributed by atoms with van der Waals surface area (Å²) in [5.74, 6) is 0. The predicted octanol–water partition coefficient (Wildman–Crippen LogP) is 3.88. The minimum absolute atomic E-state index is 0.0672. The maximum absolute atomic E-state index is 4.69. The predicted molar refractivity (Wildman–Crippen MR) is 90.8 cm³/mol. The van der Waals surface area contributed by atoms with Gasteiger partial charge in [0.1, 0.15) is 0 Å². The molecule has 1 aromatic carbocycles. The zero-order chi connectivity index (χ0) is 15.5. The second-order valence-electron chi connectivity index (χ2n) is 6.84. The number of benzene rings is 1. The van der Waals surface area contributed by atoms with E-state index >= 15 is 0 Å². The molecular formula is C19H21N3. The summed E-state index contributed by atoms with van der Waals surface area (Å²) in [6, 6.07) is 8.72. The molecule has 0 N–H and O–H groups in total. The van der Waals surface area contributed by atoms with Crippen LogP contribution in [0.5, 0.6) is 0 Å². The van der Waals surface area contributed by atoms with Crippen LogP contribution in [-0.4, -0.2) is 23.6 Å². The maximum atomic E-state index is 4.69. The zero-order valence-electron chi connectivity index (χ0n) is 13.6. The topological polar surface area (TPSA) is 19.4 Å². The quantitative estimate of drug-likeness (QED) is 0.795. The summed E-state index contributed by atoms with van der Waals surface area (Å²) in [6.07, 6.45) is 6.21. The van der Waals surface area contributed by atoms with Crippen LogP contribution < -0.4 is 4.90 Å². The Morgan fingerprint density at radius 2 is 1.91 bits per heavy atom. The standard InChI is InChI=1S/C19H21N3/c1-13-7-8-14-15-6-5-9-20-18(15)19(2,3)16(14)17(13)22-11-10-21(4)12-22/h5-11H,12H2,1-4H3. The van der Waals surface area contributed by atoms with E-state index < -0.39 is 0 Å². The van der Waals surface area contributed by atoms with Gasteiger partial charge in [-0.2, -0.15) is 0 Å². The highest BCUT2D eigenvalue weighted by molar-refractivity contribution is 5.86. The normalized spacial score (nSPS) is 17.8. The summed E-state index contributed by atoms with van der Waals surface area (Å²) in [6.45, 7) is 7.68. The van der Waals surface area contributed by atoms with Crippen LogP contribution in [0.4, 0.5) is 5.69 Å². The fourth-order valence-electron chi connectivity index (χ4n) is 3.84. The average molecular weight is 291 g/mol. The highest BCUT2D eigenvalue weighted by Gasteiger charge is 2.40. The van der Waals surface area contributed by atoms with Gasteiger partial charge in [0.15, 0.2) is 0 Å². The van der Waals surface area contributed by atoms with E-state index in [1.54, 1.807) is 0 Å². The Morgan fingerprint density at radius 1 is 1.09 bits per heavy atom. The Kier molecular flexibility index (Phi) is 2.65. The summed E-state index contributed by atoms with van der Waals surface area (Å²) in [5, 5.41) is 0. The number of hydrogen-bond acceptors (Lipinski definition) is 3. The molecule has 0 radical (unpaired) electrons. The number of anilines is 1. The Balaban J connectivity index is 2.00. The first-order valence-corrected chi connectivity index (χ1v) is 7.75. The van der Waals surface area contributed by atoms with Gasteiger partial charge in [0.2, 0.25) is 0 Å². The minimum atomic E-state index is -0.0672. The molecule has 0 saturated carbocycles. The minimum Gasteiger partial charge on any atom is -0.361 e. The Labute approximate surface area is 131 Å². The van der Waals surface area contributed by atoms with Crippen LogP contribution in [0.1, 0.15) is 30.7 Å². The summed E-state index contributed by atoms with van der Waals surface area (Å²) < 4.78 is 0. The molecule has 1 aliphatic heterocycles. The van der Waals surface area contributed by atoms with Crippen molar-refractivity contribution in [2.45, 2.75) is 26.2 Å². The van der Waals surface area contributed by atoms with Crippen LogP contribution in [0.3, 0.4) is 0 Å². The SMILES string of the molecule is Cc1ccc2c(c1N1C=CN(C)C1)C(C)(C)c1ncccc1-2. The molecule has 3 heteroatoms. The van der Waals surface area contributed by atoms with Gasteiger partial charge in [-0.15, -0.1) is 0 Å². The van der Waals surface area contributed by atoms with Gasteiger partial charge in [0, 0.05) is 42.3 Å². The third-order valence-corrected chi connectivity index (χ3v) is 4.86. The van der Waals surface area contributed by atoms with Gasteiger partial charge in [-0.05, 0) is 29.7 Å². The van der Waals surface area contributed by atoms with E-state index in [-0.39, 0.29) is 5.41 Å². The van der Waals surface area contributed by atoms with Crippen molar-refractivity contribution in [3.05, 3.63) is 59.7 Å². The van der Waals surface area contributed by atoms with E-state index in [0.717, 1.165) is 6.67 Å². The molecule has 0 atom stereocenters. The van der Waals surface area contributed by atoms with Gasteiger partial charge in [-0.25, -0.2) is 0 Å². The molecule has 1 aliphatic carbocycles. The van der Waals surface area contributed by atoms with Crippen molar-refractivity contribution in [2.24, 2.45) is 0 Å². The largest absolute Gasteiger partial charge is 0.361 e. The van der Waals surface area contributed by atoms with E-state index in [4.69, 9.17) is 4.98 Å². The number of hydrogen-bond donors (Lipinski definition) is 0. The first-order chi connectivity index (χ1) is 10.5. The molecule has 2 aliphatic rings. The van der Waals surface area contributed by atoms with Crippen molar-refractivity contribution in [3.63, 3.8) is 0 Å². The van der Waals surface area contributed by atoms with Crippen LogP contribution in [0, 0.1) is 6.92 Å². The monoisotopic (exact) mass is 291 g/mol. The second kappa shape index (κ2) is 4.35. The van der Waals surface area contributed by atoms with Crippen LogP contribution in [-0.2, 0) is 5.41 Å². The number of fused-ring (bicyclic) bond motifs is 3. The molecule has 2 heterocycles. The fourth-order valence-corrected chi connectivity index (χ4v) is 3.84. The lowest BCUT2D eigenvalue weighted by molar-refractivity contribution is 0.494. The number of nitrogens with zero attached hydrogens (tertiary/aromatic N) is 3. The van der Waals surface area contributed by atoms with E-state index in [1.807, 2.05) is 12.3 Å². The molecule has 0 saturated heterocycles. The maximum Gasteiger partial charge on any atom is 0.0939 e. The molecule has 22 heavy (non-hydrogen) atoms. The molecular weight excluding hydrogens is 270 g/mol. The number of rotatable bonds is 1. The molecule has 4 rings (SSSR count). The van der Waals surface area contributed by atoms with Gasteiger partial charge in [0.05, 0.1) is 12.4 Å². The van der Waals surface area contributed by atoms with E-state index in [0.29, 0.717) is 0 Å². The van der Waals surface area contributed by atoms with Gasteiger partial charge >= 0.3 is 0 Å². The first kappa shape index (κ1) is 13.4. The smallest absolute Gasteiger partial charge is 0.0939 e. The van der Waals surface area contributed by atoms with Crippen molar-refractivity contribution in [1.29, 1.82) is 0 Å². The second-order valence-corrected chi connectivity index (χ2v) is 6.84. The van der Waals surface area contributed by atoms with Crippen molar-refractivity contribution < 1.29 is 0 Å². The summed E-state index contributed by atoms with van der Waals surface area (Å²) >= 11 is 0. The van der Waals surface area contributed by atoms with Gasteiger partial charge < -0.3 is 9.80 Å². The molecule has 0 spiro atoms. The van der Waals surface area contributed by atoms with Crippen molar-refractivity contribution in [3.8, 4) is 11.1 Å². The summed E-state index contributed by atoms with van der Waals surface area (Å²) in [5.41, 5.74) is 7.79. The van der Waals surface area contributed by atoms with E-state index in [9.17, 15) is 0 Å². The third-order valence-electron chi connectivity index (χ3n) is 4.86. The lowest BCUT2D eigenvalue weighted by Gasteiger charge is -2.29. The molecule has 0 unspecified atom stereocenters. The lowest BCUT2D eigenvalue weighted by Crippen LogP contribution is -2.26. The van der Waals surface area contributed by atoms with Crippen molar-refractivity contribution >= 4 is 5.69 Å². The highest BCUT2D eigenvalue weighted by atomic mass is 15.3. The van der Waals surface area contributed by atoms with Gasteiger partial charge in [0.25, 0.3) is 0 Å². The van der Waals surface area contributed by atoms with Crippen LogP contribution >= 0.6 is 0 Å². The molecule has 0 bridgehead atoms. The average Bonchev–Trinajstić information content (AvgIpc) is 3.01. The third kappa shape index (κ3) is 1.65. The zero-order valence-corrected chi connectivity index (χ0v) is 13.6. The highest BCUT2D eigenvalue weighted by Crippen LogP contribution is 2.52. The fraction of sp³-hybridized carbons (Fsp3) is 0.316. The van der Waals surface area contributed by atoms with Crippen LogP contribution in [0.15, 0.2) is 42.9 Å². The van der Waals surface area contributed by atoms with Gasteiger partial charge in [-0.3, -0.25) is 4.98 Å². The van der Waals surface area contributed by atoms with Crippen LogP contribution in [0.2, 0.25) is 0 Å². The van der Waals surface area contributed by atoms with E-state index in [1.165, 1.54) is 33.6 Å². The van der Waals surface area contributed by atoms with Crippen molar-refractivity contribution in [1.82, 2.24) is 9.88 Å². The van der Waals surface area contributed by atoms with Crippen molar-refractivity contribution in [2.75, 3.05) is 18.6 Å². The Bertz CT molecular complexity index is 789. The Morgan fingerprint density at radius 3 is 2.64 bits per heavy atom. The summed E-state index contributed by atoms with van der Waals surface area (Å²) in [4.78, 5) is 9.24. The molecule has 3 nitrogen and oxygen atoms in total. The Hall–Kier alpha value is -2.29. The molecule has 0 amide bonds. The summed E-state index contributed by atoms with van der Waals surface area (Å²) in [7, 11) is 2.11. The lowest BCUT2D eigenvalue weighted by atomic mass is 9.83.